The Morgan fingerprint density at radius 3 is 1.76 bits per heavy atom. The molecule has 0 aromatic carbocycles. The third-order valence-electron chi connectivity index (χ3n) is 6.62. The molecule has 0 aliphatic rings. The van der Waals surface area contributed by atoms with Gasteiger partial charge < -0.3 is 5.11 Å². The molecule has 0 spiro atoms. The molecule has 0 aliphatic heterocycles. The molecule has 0 bridgehead atoms. The predicted molar refractivity (Wildman–Crippen MR) is 128 cm³/mol. The zero-order chi connectivity index (χ0) is 21.9. The molecule has 0 fully saturated rings. The fourth-order valence-electron chi connectivity index (χ4n) is 4.58. The van der Waals surface area contributed by atoms with E-state index in [1.807, 2.05) is 0 Å². The second kappa shape index (κ2) is 19.4. The lowest BCUT2D eigenvalue weighted by atomic mass is 9.83. The maximum absolute atomic E-state index is 11.8. The molecule has 0 heterocycles. The number of hydrogen-bond acceptors (Lipinski definition) is 1. The zero-order valence-electron chi connectivity index (χ0n) is 20.7. The number of hydrogen-bond donors (Lipinski definition) is 1. The van der Waals surface area contributed by atoms with Gasteiger partial charge in [0, 0.05) is 0 Å². The normalized spacial score (nSPS) is 14.8. The van der Waals surface area contributed by atoms with Crippen molar-refractivity contribution >= 4 is 5.97 Å². The summed E-state index contributed by atoms with van der Waals surface area (Å²) in [6.07, 6.45) is 21.2. The van der Waals surface area contributed by atoms with E-state index in [2.05, 4.69) is 34.6 Å². The molecule has 174 valence electrons. The maximum atomic E-state index is 11.8. The van der Waals surface area contributed by atoms with Crippen LogP contribution in [0.2, 0.25) is 0 Å². The van der Waals surface area contributed by atoms with Gasteiger partial charge in [-0.25, -0.2) is 0 Å². The van der Waals surface area contributed by atoms with Gasteiger partial charge in [-0.2, -0.15) is 0 Å². The van der Waals surface area contributed by atoms with Crippen molar-refractivity contribution in [1.29, 1.82) is 0 Å². The first kappa shape index (κ1) is 28.5. The van der Waals surface area contributed by atoms with Gasteiger partial charge in [-0.05, 0) is 37.0 Å². The van der Waals surface area contributed by atoms with Crippen LogP contribution in [-0.4, -0.2) is 11.1 Å². The zero-order valence-corrected chi connectivity index (χ0v) is 20.7. The van der Waals surface area contributed by atoms with Gasteiger partial charge in [0.05, 0.1) is 5.92 Å². The molecular weight excluding hydrogens is 356 g/mol. The minimum Gasteiger partial charge on any atom is -0.481 e. The molecule has 29 heavy (non-hydrogen) atoms. The Morgan fingerprint density at radius 1 is 0.655 bits per heavy atom. The molecule has 0 aromatic heterocycles. The summed E-state index contributed by atoms with van der Waals surface area (Å²) < 4.78 is 0. The van der Waals surface area contributed by atoms with Crippen molar-refractivity contribution in [2.24, 2.45) is 23.7 Å². The topological polar surface area (TPSA) is 37.3 Å². The SMILES string of the molecule is CCCCC(CCC)CC(CCC(C)CCCCCCCCCC(C)C)C(=O)O. The summed E-state index contributed by atoms with van der Waals surface area (Å²) in [5.41, 5.74) is 0. The Bertz CT molecular complexity index is 364. The number of rotatable bonds is 21. The average molecular weight is 411 g/mol. The first-order valence-corrected chi connectivity index (χ1v) is 13.1. The van der Waals surface area contributed by atoms with E-state index >= 15 is 0 Å². The highest BCUT2D eigenvalue weighted by Crippen LogP contribution is 2.28. The number of aliphatic carboxylic acids is 1. The van der Waals surface area contributed by atoms with Crippen molar-refractivity contribution in [2.75, 3.05) is 0 Å². The first-order chi connectivity index (χ1) is 13.9. The summed E-state index contributed by atoms with van der Waals surface area (Å²) in [6.45, 7) is 11.4. The third-order valence-corrected chi connectivity index (χ3v) is 6.62. The second-order valence-corrected chi connectivity index (χ2v) is 10.2. The van der Waals surface area contributed by atoms with Crippen molar-refractivity contribution < 1.29 is 9.90 Å². The molecule has 0 aromatic rings. The van der Waals surface area contributed by atoms with E-state index in [9.17, 15) is 9.90 Å². The number of carboxylic acid groups (broad SMARTS) is 1. The van der Waals surface area contributed by atoms with Crippen LogP contribution in [0.5, 0.6) is 0 Å². The summed E-state index contributed by atoms with van der Waals surface area (Å²) >= 11 is 0. The van der Waals surface area contributed by atoms with Gasteiger partial charge in [-0.3, -0.25) is 4.79 Å². The monoisotopic (exact) mass is 410 g/mol. The highest BCUT2D eigenvalue weighted by Gasteiger charge is 2.22. The van der Waals surface area contributed by atoms with Crippen LogP contribution in [0, 0.1) is 23.7 Å². The third kappa shape index (κ3) is 18.0. The van der Waals surface area contributed by atoms with Gasteiger partial charge in [-0.15, -0.1) is 0 Å². The number of carboxylic acids is 1. The Morgan fingerprint density at radius 2 is 1.24 bits per heavy atom. The Hall–Kier alpha value is -0.530. The van der Waals surface area contributed by atoms with Gasteiger partial charge in [0.1, 0.15) is 0 Å². The molecule has 0 amide bonds. The highest BCUT2D eigenvalue weighted by atomic mass is 16.4. The smallest absolute Gasteiger partial charge is 0.306 e. The molecule has 0 saturated heterocycles. The van der Waals surface area contributed by atoms with E-state index in [1.54, 1.807) is 0 Å². The molecule has 2 nitrogen and oxygen atoms in total. The van der Waals surface area contributed by atoms with Gasteiger partial charge in [-0.1, -0.05) is 125 Å². The molecule has 2 heteroatoms. The lowest BCUT2D eigenvalue weighted by Gasteiger charge is -2.22. The van der Waals surface area contributed by atoms with Crippen molar-refractivity contribution in [3.8, 4) is 0 Å². The molecule has 3 unspecified atom stereocenters. The molecular formula is C27H54O2. The largest absolute Gasteiger partial charge is 0.481 e. The summed E-state index contributed by atoms with van der Waals surface area (Å²) in [5, 5.41) is 9.69. The number of unbranched alkanes of at least 4 members (excludes halogenated alkanes) is 7. The fraction of sp³-hybridized carbons (Fsp3) is 0.963. The Kier molecular flexibility index (Phi) is 19.1. The van der Waals surface area contributed by atoms with E-state index in [1.165, 1.54) is 89.9 Å². The highest BCUT2D eigenvalue weighted by molar-refractivity contribution is 5.69. The van der Waals surface area contributed by atoms with E-state index in [-0.39, 0.29) is 5.92 Å². The second-order valence-electron chi connectivity index (χ2n) is 10.2. The van der Waals surface area contributed by atoms with E-state index < -0.39 is 5.97 Å². The standard InChI is InChI=1S/C27H54O2/c1-6-8-19-25(16-7-2)22-26(27(28)29)21-20-24(5)18-15-13-11-9-10-12-14-17-23(3)4/h23-26H,6-22H2,1-5H3,(H,28,29). The van der Waals surface area contributed by atoms with Crippen LogP contribution in [-0.2, 0) is 4.79 Å². The molecule has 3 atom stereocenters. The van der Waals surface area contributed by atoms with Crippen LogP contribution in [0.15, 0.2) is 0 Å². The summed E-state index contributed by atoms with van der Waals surface area (Å²) in [6, 6.07) is 0. The fourth-order valence-corrected chi connectivity index (χ4v) is 4.58. The van der Waals surface area contributed by atoms with Crippen LogP contribution in [0.25, 0.3) is 0 Å². The minimum absolute atomic E-state index is 0.128. The van der Waals surface area contributed by atoms with Crippen molar-refractivity contribution in [2.45, 2.75) is 144 Å². The summed E-state index contributed by atoms with van der Waals surface area (Å²) in [5.74, 6) is 1.44. The van der Waals surface area contributed by atoms with E-state index in [0.717, 1.165) is 25.2 Å². The lowest BCUT2D eigenvalue weighted by molar-refractivity contribution is -0.142. The molecule has 1 N–H and O–H groups in total. The van der Waals surface area contributed by atoms with Gasteiger partial charge in [0.15, 0.2) is 0 Å². The van der Waals surface area contributed by atoms with Gasteiger partial charge in [0.2, 0.25) is 0 Å². The van der Waals surface area contributed by atoms with Crippen molar-refractivity contribution in [3.05, 3.63) is 0 Å². The van der Waals surface area contributed by atoms with E-state index in [4.69, 9.17) is 0 Å². The van der Waals surface area contributed by atoms with Crippen molar-refractivity contribution in [3.63, 3.8) is 0 Å². The van der Waals surface area contributed by atoms with Crippen LogP contribution in [0.1, 0.15) is 144 Å². The molecule has 0 aliphatic carbocycles. The molecule has 0 saturated carbocycles. The van der Waals surface area contributed by atoms with E-state index in [0.29, 0.717) is 11.8 Å². The van der Waals surface area contributed by atoms with Gasteiger partial charge >= 0.3 is 5.97 Å². The Labute approximate surface area is 183 Å². The van der Waals surface area contributed by atoms with Crippen LogP contribution >= 0.6 is 0 Å². The van der Waals surface area contributed by atoms with Crippen LogP contribution in [0.4, 0.5) is 0 Å². The molecule has 0 rings (SSSR count). The summed E-state index contributed by atoms with van der Waals surface area (Å²) in [7, 11) is 0. The quantitative estimate of drug-likeness (QED) is 0.191. The predicted octanol–water partition coefficient (Wildman–Crippen LogP) is 9.27. The minimum atomic E-state index is -0.563. The average Bonchev–Trinajstić information content (AvgIpc) is 2.67. The molecule has 0 radical (unpaired) electrons. The van der Waals surface area contributed by atoms with Crippen molar-refractivity contribution in [1.82, 2.24) is 0 Å². The van der Waals surface area contributed by atoms with Gasteiger partial charge in [0.25, 0.3) is 0 Å². The Balaban J connectivity index is 3.91. The summed E-state index contributed by atoms with van der Waals surface area (Å²) in [4.78, 5) is 11.8. The van der Waals surface area contributed by atoms with Crippen LogP contribution < -0.4 is 0 Å². The lowest BCUT2D eigenvalue weighted by Crippen LogP contribution is -2.19. The van der Waals surface area contributed by atoms with Crippen LogP contribution in [0.3, 0.4) is 0 Å². The number of carbonyl (C=O) groups is 1. The first-order valence-electron chi connectivity index (χ1n) is 13.1. The maximum Gasteiger partial charge on any atom is 0.306 e.